The van der Waals surface area contributed by atoms with Crippen LogP contribution in [0.1, 0.15) is 16.7 Å². The number of nitrogens with zero attached hydrogens (tertiary/aromatic N) is 2. The van der Waals surface area contributed by atoms with E-state index in [1.165, 1.54) is 17.7 Å². The Hall–Kier alpha value is -2.78. The van der Waals surface area contributed by atoms with Gasteiger partial charge in [-0.15, -0.1) is 0 Å². The van der Waals surface area contributed by atoms with Crippen molar-refractivity contribution in [1.29, 1.82) is 0 Å². The van der Waals surface area contributed by atoms with Crippen LogP contribution in [0.3, 0.4) is 0 Å². The van der Waals surface area contributed by atoms with E-state index < -0.39 is 0 Å². The van der Waals surface area contributed by atoms with Gasteiger partial charge >= 0.3 is 0 Å². The quantitative estimate of drug-likeness (QED) is 0.505. The summed E-state index contributed by atoms with van der Waals surface area (Å²) in [6.45, 7) is 2.03. The first kappa shape index (κ1) is 18.0. The zero-order valence-electron chi connectivity index (χ0n) is 14.6. The van der Waals surface area contributed by atoms with Crippen molar-refractivity contribution in [3.05, 3.63) is 100 Å². The highest BCUT2D eigenvalue weighted by atomic mass is 35.5. The van der Waals surface area contributed by atoms with Crippen LogP contribution in [0.15, 0.2) is 82.8 Å². The second-order valence-electron chi connectivity index (χ2n) is 5.88. The number of rotatable bonds is 4. The van der Waals surface area contributed by atoms with E-state index in [1.54, 1.807) is 19.2 Å². The highest BCUT2D eigenvalue weighted by molar-refractivity contribution is 6.54. The summed E-state index contributed by atoms with van der Waals surface area (Å²) in [5.74, 6) is -0.285. The van der Waals surface area contributed by atoms with Gasteiger partial charge in [-0.2, -0.15) is 0 Å². The van der Waals surface area contributed by atoms with Gasteiger partial charge in [0.2, 0.25) is 0 Å². The Bertz CT molecular complexity index is 941. The molecule has 0 amide bonds. The van der Waals surface area contributed by atoms with E-state index in [2.05, 4.69) is 4.99 Å². The van der Waals surface area contributed by atoms with E-state index in [-0.39, 0.29) is 5.82 Å². The lowest BCUT2D eigenvalue weighted by molar-refractivity contribution is 0.628. The third kappa shape index (κ3) is 4.24. The van der Waals surface area contributed by atoms with Crippen molar-refractivity contribution in [3.8, 4) is 0 Å². The minimum atomic E-state index is -0.285. The SMILES string of the molecule is CN=C(C(=Nc1ccc(C)cc1)c1ccc(Cl)cc1)c1ccc(F)cc1. The molecule has 0 saturated carbocycles. The smallest absolute Gasteiger partial charge is 0.123 e. The first-order chi connectivity index (χ1) is 12.6. The minimum Gasteiger partial charge on any atom is -0.286 e. The summed E-state index contributed by atoms with van der Waals surface area (Å²) in [6.07, 6.45) is 0. The molecule has 26 heavy (non-hydrogen) atoms. The summed E-state index contributed by atoms with van der Waals surface area (Å²) in [6, 6.07) is 21.7. The van der Waals surface area contributed by atoms with Crippen molar-refractivity contribution >= 4 is 28.7 Å². The molecular weight excluding hydrogens is 347 g/mol. The van der Waals surface area contributed by atoms with E-state index >= 15 is 0 Å². The number of aliphatic imine (C=N–C) groups is 2. The first-order valence-electron chi connectivity index (χ1n) is 8.21. The van der Waals surface area contributed by atoms with Gasteiger partial charge in [-0.1, -0.05) is 41.4 Å². The van der Waals surface area contributed by atoms with Gasteiger partial charge < -0.3 is 0 Å². The Morgan fingerprint density at radius 1 is 0.769 bits per heavy atom. The molecule has 0 atom stereocenters. The van der Waals surface area contributed by atoms with E-state index in [0.29, 0.717) is 16.4 Å². The number of hydrogen-bond donors (Lipinski definition) is 0. The van der Waals surface area contributed by atoms with Crippen molar-refractivity contribution in [3.63, 3.8) is 0 Å². The molecule has 0 radical (unpaired) electrons. The Labute approximate surface area is 157 Å². The predicted molar refractivity (Wildman–Crippen MR) is 108 cm³/mol. The molecule has 3 rings (SSSR count). The Morgan fingerprint density at radius 2 is 1.31 bits per heavy atom. The number of halogens is 2. The van der Waals surface area contributed by atoms with Crippen molar-refractivity contribution < 1.29 is 4.39 Å². The van der Waals surface area contributed by atoms with Gasteiger partial charge in [0.05, 0.1) is 17.1 Å². The van der Waals surface area contributed by atoms with Gasteiger partial charge in [-0.05, 0) is 55.5 Å². The highest BCUT2D eigenvalue weighted by Gasteiger charge is 2.14. The third-order valence-corrected chi connectivity index (χ3v) is 4.21. The first-order valence-corrected chi connectivity index (χ1v) is 8.59. The maximum absolute atomic E-state index is 13.3. The second-order valence-corrected chi connectivity index (χ2v) is 6.32. The van der Waals surface area contributed by atoms with E-state index in [4.69, 9.17) is 16.6 Å². The van der Waals surface area contributed by atoms with Crippen LogP contribution in [0.5, 0.6) is 0 Å². The van der Waals surface area contributed by atoms with E-state index in [0.717, 1.165) is 16.8 Å². The fourth-order valence-electron chi connectivity index (χ4n) is 2.59. The monoisotopic (exact) mass is 364 g/mol. The zero-order valence-corrected chi connectivity index (χ0v) is 15.3. The lowest BCUT2D eigenvalue weighted by atomic mass is 9.99. The molecule has 0 fully saturated rings. The maximum atomic E-state index is 13.3. The van der Waals surface area contributed by atoms with Crippen LogP contribution in [0.2, 0.25) is 5.02 Å². The molecule has 2 nitrogen and oxygen atoms in total. The van der Waals surface area contributed by atoms with E-state index in [1.807, 2.05) is 55.5 Å². The predicted octanol–water partition coefficient (Wildman–Crippen LogP) is 6.03. The molecule has 0 aliphatic heterocycles. The molecule has 0 unspecified atom stereocenters. The van der Waals surface area contributed by atoms with Crippen LogP contribution in [-0.2, 0) is 0 Å². The molecule has 0 aliphatic carbocycles. The van der Waals surface area contributed by atoms with Gasteiger partial charge in [0.25, 0.3) is 0 Å². The van der Waals surface area contributed by atoms with Gasteiger partial charge in [-0.25, -0.2) is 9.38 Å². The molecule has 0 aromatic heterocycles. The van der Waals surface area contributed by atoms with Crippen molar-refractivity contribution in [2.45, 2.75) is 6.92 Å². The molecule has 3 aromatic rings. The Balaban J connectivity index is 2.14. The summed E-state index contributed by atoms with van der Waals surface area (Å²) in [5.41, 5.74) is 5.07. The molecule has 0 heterocycles. The largest absolute Gasteiger partial charge is 0.286 e. The molecule has 0 bridgehead atoms. The lowest BCUT2D eigenvalue weighted by Crippen LogP contribution is -2.17. The molecule has 0 N–H and O–H groups in total. The van der Waals surface area contributed by atoms with Gasteiger partial charge in [-0.3, -0.25) is 4.99 Å². The normalized spacial score (nSPS) is 12.3. The topological polar surface area (TPSA) is 24.7 Å². The number of aryl methyl sites for hydroxylation is 1. The fourth-order valence-corrected chi connectivity index (χ4v) is 2.72. The zero-order chi connectivity index (χ0) is 18.5. The highest BCUT2D eigenvalue weighted by Crippen LogP contribution is 2.19. The molecule has 0 saturated heterocycles. The van der Waals surface area contributed by atoms with Crippen molar-refractivity contribution in [2.24, 2.45) is 9.98 Å². The average molecular weight is 365 g/mol. The Kier molecular flexibility index (Phi) is 5.59. The summed E-state index contributed by atoms with van der Waals surface area (Å²) in [7, 11) is 1.71. The Morgan fingerprint density at radius 3 is 1.88 bits per heavy atom. The summed E-state index contributed by atoms with van der Waals surface area (Å²) < 4.78 is 13.3. The van der Waals surface area contributed by atoms with Crippen LogP contribution in [0, 0.1) is 12.7 Å². The van der Waals surface area contributed by atoms with Crippen molar-refractivity contribution in [1.82, 2.24) is 0 Å². The van der Waals surface area contributed by atoms with Gasteiger partial charge in [0.15, 0.2) is 0 Å². The molecule has 0 aliphatic rings. The van der Waals surface area contributed by atoms with Crippen LogP contribution < -0.4 is 0 Å². The fraction of sp³-hybridized carbons (Fsp3) is 0.0909. The molecular formula is C22H18ClFN2. The van der Waals surface area contributed by atoms with Crippen LogP contribution in [-0.4, -0.2) is 18.5 Å². The standard InChI is InChI=1S/C22H18ClFN2/c1-15-3-13-20(14-4-15)26-22(17-5-9-18(23)10-6-17)21(25-2)16-7-11-19(24)12-8-16/h3-14H,1-2H3. The maximum Gasteiger partial charge on any atom is 0.123 e. The summed E-state index contributed by atoms with van der Waals surface area (Å²) in [5, 5.41) is 0.653. The van der Waals surface area contributed by atoms with E-state index in [9.17, 15) is 4.39 Å². The lowest BCUT2D eigenvalue weighted by Gasteiger charge is -2.11. The number of hydrogen-bond acceptors (Lipinski definition) is 2. The van der Waals surface area contributed by atoms with Crippen LogP contribution in [0.4, 0.5) is 10.1 Å². The molecule has 0 spiro atoms. The van der Waals surface area contributed by atoms with Crippen LogP contribution >= 0.6 is 11.6 Å². The molecule has 130 valence electrons. The number of benzene rings is 3. The summed E-state index contributed by atoms with van der Waals surface area (Å²) in [4.78, 5) is 9.25. The van der Waals surface area contributed by atoms with Gasteiger partial charge in [0.1, 0.15) is 5.82 Å². The average Bonchev–Trinajstić information content (AvgIpc) is 2.65. The second kappa shape index (κ2) is 8.07. The third-order valence-electron chi connectivity index (χ3n) is 3.96. The van der Waals surface area contributed by atoms with Gasteiger partial charge in [0, 0.05) is 23.2 Å². The minimum absolute atomic E-state index is 0.285. The molecule has 4 heteroatoms. The van der Waals surface area contributed by atoms with Crippen molar-refractivity contribution in [2.75, 3.05) is 7.05 Å². The van der Waals surface area contributed by atoms with Crippen LogP contribution in [0.25, 0.3) is 0 Å². The molecule has 3 aromatic carbocycles. The summed E-state index contributed by atoms with van der Waals surface area (Å²) >= 11 is 6.03.